The summed E-state index contributed by atoms with van der Waals surface area (Å²) in [4.78, 5) is 2.41. The van der Waals surface area contributed by atoms with Crippen molar-refractivity contribution in [3.63, 3.8) is 0 Å². The molecule has 2 N–H and O–H groups in total. The van der Waals surface area contributed by atoms with E-state index in [1.807, 2.05) is 45.3 Å². The van der Waals surface area contributed by atoms with Crippen LogP contribution in [0.15, 0.2) is 47.4 Å². The normalized spacial score (nSPS) is 11.5. The van der Waals surface area contributed by atoms with Crippen LogP contribution < -0.4 is 10.0 Å². The molecule has 0 aliphatic carbocycles. The maximum absolute atomic E-state index is 12.6. The Kier molecular flexibility index (Phi) is 5.85. The monoisotopic (exact) mass is 347 g/mol. The second-order valence-corrected chi connectivity index (χ2v) is 7.83. The molecule has 2 aromatic carbocycles. The SMILES string of the molecule is Cc1ccc(C)c(S(=O)(=O)Nc2ccc(NCCN(C)C)cc2)c1. The Morgan fingerprint density at radius 3 is 2.21 bits per heavy atom. The smallest absolute Gasteiger partial charge is 0.262 e. The summed E-state index contributed by atoms with van der Waals surface area (Å²) in [5.41, 5.74) is 3.16. The van der Waals surface area contributed by atoms with E-state index >= 15 is 0 Å². The minimum atomic E-state index is -3.58. The van der Waals surface area contributed by atoms with Crippen LogP contribution in [0, 0.1) is 13.8 Å². The zero-order valence-electron chi connectivity index (χ0n) is 14.6. The second-order valence-electron chi connectivity index (χ2n) is 6.18. The molecule has 0 aromatic heterocycles. The van der Waals surface area contributed by atoms with Crippen LogP contribution in [0.25, 0.3) is 0 Å². The number of nitrogens with one attached hydrogen (secondary N) is 2. The molecule has 24 heavy (non-hydrogen) atoms. The van der Waals surface area contributed by atoms with Gasteiger partial charge in [-0.3, -0.25) is 4.72 Å². The summed E-state index contributed by atoms with van der Waals surface area (Å²) in [5.74, 6) is 0. The van der Waals surface area contributed by atoms with E-state index in [2.05, 4.69) is 14.9 Å². The van der Waals surface area contributed by atoms with Crippen LogP contribution in [-0.2, 0) is 10.0 Å². The van der Waals surface area contributed by atoms with Gasteiger partial charge < -0.3 is 10.2 Å². The van der Waals surface area contributed by atoms with E-state index in [1.54, 1.807) is 25.1 Å². The highest BCUT2D eigenvalue weighted by atomic mass is 32.2. The van der Waals surface area contributed by atoms with Gasteiger partial charge in [0.1, 0.15) is 0 Å². The minimum Gasteiger partial charge on any atom is -0.384 e. The molecule has 0 unspecified atom stereocenters. The van der Waals surface area contributed by atoms with Crippen molar-refractivity contribution < 1.29 is 8.42 Å². The van der Waals surface area contributed by atoms with E-state index in [0.717, 1.165) is 29.9 Å². The van der Waals surface area contributed by atoms with Gasteiger partial charge in [-0.2, -0.15) is 0 Å². The van der Waals surface area contributed by atoms with Gasteiger partial charge in [-0.1, -0.05) is 12.1 Å². The molecule has 130 valence electrons. The fourth-order valence-electron chi connectivity index (χ4n) is 2.29. The van der Waals surface area contributed by atoms with Gasteiger partial charge in [0, 0.05) is 24.5 Å². The summed E-state index contributed by atoms with van der Waals surface area (Å²) in [6, 6.07) is 12.7. The third kappa shape index (κ3) is 4.97. The molecule has 0 amide bonds. The van der Waals surface area contributed by atoms with Crippen LogP contribution in [-0.4, -0.2) is 40.5 Å². The number of likely N-dealkylation sites (N-methyl/N-ethyl adjacent to an activating group) is 1. The Bertz CT molecular complexity index is 784. The predicted octanol–water partition coefficient (Wildman–Crippen LogP) is 3.08. The van der Waals surface area contributed by atoms with E-state index in [0.29, 0.717) is 10.6 Å². The summed E-state index contributed by atoms with van der Waals surface area (Å²) >= 11 is 0. The summed E-state index contributed by atoms with van der Waals surface area (Å²) in [6.45, 7) is 5.44. The molecule has 5 nitrogen and oxygen atoms in total. The van der Waals surface area contributed by atoms with Crippen molar-refractivity contribution in [3.05, 3.63) is 53.6 Å². The van der Waals surface area contributed by atoms with Crippen molar-refractivity contribution >= 4 is 21.4 Å². The molecule has 0 radical (unpaired) electrons. The lowest BCUT2D eigenvalue weighted by atomic mass is 10.2. The molecule has 2 aromatic rings. The maximum atomic E-state index is 12.6. The molecule has 0 aliphatic rings. The zero-order valence-corrected chi connectivity index (χ0v) is 15.4. The number of nitrogens with zero attached hydrogens (tertiary/aromatic N) is 1. The molecule has 2 rings (SSSR count). The van der Waals surface area contributed by atoms with Gasteiger partial charge in [0.15, 0.2) is 0 Å². The minimum absolute atomic E-state index is 0.315. The van der Waals surface area contributed by atoms with E-state index < -0.39 is 10.0 Å². The van der Waals surface area contributed by atoms with Gasteiger partial charge in [0.25, 0.3) is 10.0 Å². The lowest BCUT2D eigenvalue weighted by Crippen LogP contribution is -2.20. The number of anilines is 2. The highest BCUT2D eigenvalue weighted by Gasteiger charge is 2.17. The van der Waals surface area contributed by atoms with E-state index in [-0.39, 0.29) is 0 Å². The maximum Gasteiger partial charge on any atom is 0.262 e. The third-order valence-corrected chi connectivity index (χ3v) is 5.18. The molecular formula is C18H25N3O2S. The van der Waals surface area contributed by atoms with Crippen LogP contribution in [0.2, 0.25) is 0 Å². The molecule has 6 heteroatoms. The first-order valence-electron chi connectivity index (χ1n) is 7.87. The van der Waals surface area contributed by atoms with E-state index in [4.69, 9.17) is 0 Å². The standard InChI is InChI=1S/C18H25N3O2S/c1-14-5-6-15(2)18(13-14)24(22,23)20-17-9-7-16(8-10-17)19-11-12-21(3)4/h5-10,13,19-20H,11-12H2,1-4H3. The highest BCUT2D eigenvalue weighted by Crippen LogP contribution is 2.21. The Labute approximate surface area is 144 Å². The Balaban J connectivity index is 2.08. The number of hydrogen-bond donors (Lipinski definition) is 2. The number of sulfonamides is 1. The first-order valence-corrected chi connectivity index (χ1v) is 9.35. The molecule has 0 fully saturated rings. The molecule has 0 spiro atoms. The summed E-state index contributed by atoms with van der Waals surface area (Å²) < 4.78 is 27.8. The van der Waals surface area contributed by atoms with Gasteiger partial charge in [0.05, 0.1) is 4.90 Å². The van der Waals surface area contributed by atoms with Crippen LogP contribution >= 0.6 is 0 Å². The summed E-state index contributed by atoms with van der Waals surface area (Å²) in [7, 11) is 0.457. The lowest BCUT2D eigenvalue weighted by Gasteiger charge is -2.13. The van der Waals surface area contributed by atoms with Crippen LogP contribution in [0.1, 0.15) is 11.1 Å². The largest absolute Gasteiger partial charge is 0.384 e. The first kappa shape index (κ1) is 18.3. The van der Waals surface area contributed by atoms with Crippen molar-refractivity contribution in [2.75, 3.05) is 37.2 Å². The quantitative estimate of drug-likeness (QED) is 0.808. The molecule has 0 aliphatic heterocycles. The highest BCUT2D eigenvalue weighted by molar-refractivity contribution is 7.92. The Morgan fingerprint density at radius 2 is 1.58 bits per heavy atom. The van der Waals surface area contributed by atoms with Gasteiger partial charge >= 0.3 is 0 Å². The molecule has 0 atom stereocenters. The topological polar surface area (TPSA) is 61.4 Å². The van der Waals surface area contributed by atoms with Crippen molar-refractivity contribution in [1.29, 1.82) is 0 Å². The molecular weight excluding hydrogens is 322 g/mol. The summed E-state index contributed by atoms with van der Waals surface area (Å²) in [5, 5.41) is 3.30. The Morgan fingerprint density at radius 1 is 0.958 bits per heavy atom. The average molecular weight is 347 g/mol. The van der Waals surface area contributed by atoms with E-state index in [9.17, 15) is 8.42 Å². The number of rotatable bonds is 7. The molecule has 0 saturated carbocycles. The first-order chi connectivity index (χ1) is 11.3. The van der Waals surface area contributed by atoms with Gasteiger partial charge in [-0.05, 0) is 69.4 Å². The fraction of sp³-hybridized carbons (Fsp3) is 0.333. The number of aryl methyl sites for hydroxylation is 2. The predicted molar refractivity (Wildman–Crippen MR) is 100 cm³/mol. The van der Waals surface area contributed by atoms with E-state index in [1.165, 1.54) is 0 Å². The molecule has 0 saturated heterocycles. The molecule has 0 bridgehead atoms. The van der Waals surface area contributed by atoms with Gasteiger partial charge in [-0.15, -0.1) is 0 Å². The van der Waals surface area contributed by atoms with Gasteiger partial charge in [0.2, 0.25) is 0 Å². The summed E-state index contributed by atoms with van der Waals surface area (Å²) in [6.07, 6.45) is 0. The van der Waals surface area contributed by atoms with Crippen molar-refractivity contribution in [2.45, 2.75) is 18.7 Å². The van der Waals surface area contributed by atoms with Gasteiger partial charge in [-0.25, -0.2) is 8.42 Å². The average Bonchev–Trinajstić information content (AvgIpc) is 2.51. The lowest BCUT2D eigenvalue weighted by molar-refractivity contribution is 0.425. The number of benzene rings is 2. The molecule has 0 heterocycles. The third-order valence-electron chi connectivity index (χ3n) is 3.66. The van der Waals surface area contributed by atoms with Crippen molar-refractivity contribution in [1.82, 2.24) is 4.90 Å². The van der Waals surface area contributed by atoms with Crippen LogP contribution in [0.3, 0.4) is 0 Å². The number of hydrogen-bond acceptors (Lipinski definition) is 4. The zero-order chi connectivity index (χ0) is 17.7. The van der Waals surface area contributed by atoms with Crippen LogP contribution in [0.5, 0.6) is 0 Å². The second kappa shape index (κ2) is 7.68. The van der Waals surface area contributed by atoms with Crippen LogP contribution in [0.4, 0.5) is 11.4 Å². The fourth-order valence-corrected chi connectivity index (χ4v) is 3.68. The van der Waals surface area contributed by atoms with Crippen molar-refractivity contribution in [2.24, 2.45) is 0 Å². The van der Waals surface area contributed by atoms with Crippen molar-refractivity contribution in [3.8, 4) is 0 Å². The Hall–Kier alpha value is -2.05.